The lowest BCUT2D eigenvalue weighted by Crippen LogP contribution is -2.41. The molecule has 0 bridgehead atoms. The first-order valence-electron chi connectivity index (χ1n) is 7.03. The maximum atomic E-state index is 5.72. The van der Waals surface area contributed by atoms with Crippen LogP contribution < -0.4 is 5.32 Å². The van der Waals surface area contributed by atoms with Crippen molar-refractivity contribution in [3.05, 3.63) is 0 Å². The fourth-order valence-electron chi connectivity index (χ4n) is 2.60. The van der Waals surface area contributed by atoms with Crippen molar-refractivity contribution >= 4 is 11.8 Å². The SMILES string of the molecule is CCN(CCC1CSCCN1)CC1CCCO1. The summed E-state index contributed by atoms with van der Waals surface area (Å²) in [7, 11) is 0. The quantitative estimate of drug-likeness (QED) is 0.782. The van der Waals surface area contributed by atoms with Gasteiger partial charge in [0, 0.05) is 37.2 Å². The van der Waals surface area contributed by atoms with Crippen molar-refractivity contribution in [2.45, 2.75) is 38.3 Å². The molecular formula is C13H26N2OS. The molecule has 0 radical (unpaired) electrons. The minimum Gasteiger partial charge on any atom is -0.377 e. The molecule has 2 saturated heterocycles. The lowest BCUT2D eigenvalue weighted by molar-refractivity contribution is 0.0737. The Bertz CT molecular complexity index is 204. The number of nitrogens with zero attached hydrogens (tertiary/aromatic N) is 1. The van der Waals surface area contributed by atoms with Gasteiger partial charge in [0.2, 0.25) is 0 Å². The summed E-state index contributed by atoms with van der Waals surface area (Å²) in [6, 6.07) is 0.729. The van der Waals surface area contributed by atoms with Gasteiger partial charge in [0.05, 0.1) is 6.10 Å². The van der Waals surface area contributed by atoms with Crippen LogP contribution in [0.15, 0.2) is 0 Å². The molecular weight excluding hydrogens is 232 g/mol. The first kappa shape index (κ1) is 13.7. The van der Waals surface area contributed by atoms with Crippen molar-refractivity contribution in [1.29, 1.82) is 0 Å². The molecule has 0 aromatic heterocycles. The smallest absolute Gasteiger partial charge is 0.0702 e. The number of likely N-dealkylation sites (N-methyl/N-ethyl adjacent to an activating group) is 1. The second-order valence-electron chi connectivity index (χ2n) is 5.04. The highest BCUT2D eigenvalue weighted by Crippen LogP contribution is 2.15. The second kappa shape index (κ2) is 7.62. The van der Waals surface area contributed by atoms with Crippen molar-refractivity contribution in [1.82, 2.24) is 10.2 Å². The minimum absolute atomic E-state index is 0.503. The Balaban J connectivity index is 1.63. The summed E-state index contributed by atoms with van der Waals surface area (Å²) in [4.78, 5) is 2.55. The Morgan fingerprint density at radius 3 is 3.06 bits per heavy atom. The van der Waals surface area contributed by atoms with Crippen molar-refractivity contribution < 1.29 is 4.74 Å². The summed E-state index contributed by atoms with van der Waals surface area (Å²) >= 11 is 2.09. The largest absolute Gasteiger partial charge is 0.377 e. The number of hydrogen-bond donors (Lipinski definition) is 1. The zero-order valence-corrected chi connectivity index (χ0v) is 11.8. The Labute approximate surface area is 110 Å². The number of rotatable bonds is 6. The third-order valence-electron chi connectivity index (χ3n) is 3.73. The third kappa shape index (κ3) is 4.78. The van der Waals surface area contributed by atoms with E-state index >= 15 is 0 Å². The Hall–Kier alpha value is 0.230. The molecule has 1 N–H and O–H groups in total. The lowest BCUT2D eigenvalue weighted by Gasteiger charge is -2.28. The number of nitrogens with one attached hydrogen (secondary N) is 1. The summed E-state index contributed by atoms with van der Waals surface area (Å²) in [5.41, 5.74) is 0. The molecule has 2 aliphatic rings. The van der Waals surface area contributed by atoms with Crippen molar-refractivity contribution in [3.63, 3.8) is 0 Å². The van der Waals surface area contributed by atoms with Gasteiger partial charge < -0.3 is 15.0 Å². The van der Waals surface area contributed by atoms with E-state index in [1.54, 1.807) is 0 Å². The molecule has 0 aromatic carbocycles. The summed E-state index contributed by atoms with van der Waals surface area (Å²) in [5.74, 6) is 2.57. The fraction of sp³-hybridized carbons (Fsp3) is 1.00. The highest BCUT2D eigenvalue weighted by molar-refractivity contribution is 7.99. The van der Waals surface area contributed by atoms with Gasteiger partial charge in [0.1, 0.15) is 0 Å². The first-order valence-corrected chi connectivity index (χ1v) is 8.19. The van der Waals surface area contributed by atoms with Gasteiger partial charge in [-0.3, -0.25) is 0 Å². The van der Waals surface area contributed by atoms with Crippen LogP contribution in [0.3, 0.4) is 0 Å². The van der Waals surface area contributed by atoms with E-state index in [0.29, 0.717) is 6.10 Å². The Morgan fingerprint density at radius 2 is 2.41 bits per heavy atom. The topological polar surface area (TPSA) is 24.5 Å². The van der Waals surface area contributed by atoms with Crippen molar-refractivity contribution in [2.24, 2.45) is 0 Å². The van der Waals surface area contributed by atoms with Gasteiger partial charge in [-0.25, -0.2) is 0 Å². The molecule has 2 unspecified atom stereocenters. The molecule has 17 heavy (non-hydrogen) atoms. The van der Waals surface area contributed by atoms with Crippen LogP contribution in [-0.2, 0) is 4.74 Å². The van der Waals surface area contributed by atoms with Gasteiger partial charge in [-0.2, -0.15) is 11.8 Å². The van der Waals surface area contributed by atoms with Gasteiger partial charge in [-0.15, -0.1) is 0 Å². The van der Waals surface area contributed by atoms with Gasteiger partial charge >= 0.3 is 0 Å². The van der Waals surface area contributed by atoms with E-state index in [1.165, 1.54) is 43.9 Å². The molecule has 0 aliphatic carbocycles. The normalized spacial score (nSPS) is 30.0. The maximum absolute atomic E-state index is 5.72. The van der Waals surface area contributed by atoms with E-state index in [4.69, 9.17) is 4.74 Å². The molecule has 3 nitrogen and oxygen atoms in total. The number of thioether (sulfide) groups is 1. The van der Waals surface area contributed by atoms with E-state index in [1.807, 2.05) is 0 Å². The van der Waals surface area contributed by atoms with E-state index in [0.717, 1.165) is 25.7 Å². The predicted molar refractivity (Wildman–Crippen MR) is 74.8 cm³/mol. The van der Waals surface area contributed by atoms with Crippen LogP contribution in [0.25, 0.3) is 0 Å². The Kier molecular flexibility index (Phi) is 6.12. The van der Waals surface area contributed by atoms with E-state index < -0.39 is 0 Å². The zero-order valence-electron chi connectivity index (χ0n) is 11.0. The molecule has 2 rings (SSSR count). The van der Waals surface area contributed by atoms with Crippen LogP contribution in [0.1, 0.15) is 26.2 Å². The van der Waals surface area contributed by atoms with Crippen LogP contribution in [0, 0.1) is 0 Å². The molecule has 4 heteroatoms. The van der Waals surface area contributed by atoms with E-state index in [-0.39, 0.29) is 0 Å². The summed E-state index contributed by atoms with van der Waals surface area (Å²) < 4.78 is 5.72. The maximum Gasteiger partial charge on any atom is 0.0702 e. The van der Waals surface area contributed by atoms with Crippen LogP contribution in [0.4, 0.5) is 0 Å². The highest BCUT2D eigenvalue weighted by Gasteiger charge is 2.19. The molecule has 2 fully saturated rings. The van der Waals surface area contributed by atoms with Gasteiger partial charge in [-0.05, 0) is 32.4 Å². The van der Waals surface area contributed by atoms with Gasteiger partial charge in [0.15, 0.2) is 0 Å². The van der Waals surface area contributed by atoms with Crippen LogP contribution in [0.5, 0.6) is 0 Å². The van der Waals surface area contributed by atoms with Crippen molar-refractivity contribution in [3.8, 4) is 0 Å². The fourth-order valence-corrected chi connectivity index (χ4v) is 3.60. The molecule has 0 amide bonds. The molecule has 0 saturated carbocycles. The summed E-state index contributed by atoms with van der Waals surface area (Å²) in [5, 5.41) is 3.61. The third-order valence-corrected chi connectivity index (χ3v) is 4.86. The molecule has 2 heterocycles. The minimum atomic E-state index is 0.503. The van der Waals surface area contributed by atoms with Gasteiger partial charge in [-0.1, -0.05) is 6.92 Å². The van der Waals surface area contributed by atoms with Crippen LogP contribution in [-0.4, -0.2) is 61.3 Å². The molecule has 2 atom stereocenters. The van der Waals surface area contributed by atoms with Crippen LogP contribution >= 0.6 is 11.8 Å². The second-order valence-corrected chi connectivity index (χ2v) is 6.19. The van der Waals surface area contributed by atoms with Gasteiger partial charge in [0.25, 0.3) is 0 Å². The number of ether oxygens (including phenoxy) is 1. The molecule has 2 aliphatic heterocycles. The standard InChI is InChI=1S/C13H26N2OS/c1-2-15(10-13-4-3-8-16-13)7-5-12-11-17-9-6-14-12/h12-14H,2-11H2,1H3. The van der Waals surface area contributed by atoms with Crippen LogP contribution in [0.2, 0.25) is 0 Å². The Morgan fingerprint density at radius 1 is 1.47 bits per heavy atom. The average Bonchev–Trinajstić information content (AvgIpc) is 2.88. The first-order chi connectivity index (χ1) is 8.38. The van der Waals surface area contributed by atoms with E-state index in [9.17, 15) is 0 Å². The molecule has 0 aromatic rings. The number of hydrogen-bond acceptors (Lipinski definition) is 4. The predicted octanol–water partition coefficient (Wildman–Crippen LogP) is 1.58. The summed E-state index contributed by atoms with van der Waals surface area (Å²) in [6.07, 6.45) is 4.30. The lowest BCUT2D eigenvalue weighted by atomic mass is 10.2. The van der Waals surface area contributed by atoms with E-state index in [2.05, 4.69) is 28.9 Å². The monoisotopic (exact) mass is 258 g/mol. The average molecular weight is 258 g/mol. The van der Waals surface area contributed by atoms with Crippen molar-refractivity contribution in [2.75, 3.05) is 44.3 Å². The highest BCUT2D eigenvalue weighted by atomic mass is 32.2. The zero-order chi connectivity index (χ0) is 11.9. The summed E-state index contributed by atoms with van der Waals surface area (Å²) in [6.45, 7) is 7.93. The molecule has 0 spiro atoms. The molecule has 100 valence electrons.